The van der Waals surface area contributed by atoms with Crippen molar-refractivity contribution >= 4 is 17.5 Å². The second-order valence-electron chi connectivity index (χ2n) is 7.66. The fourth-order valence-electron chi connectivity index (χ4n) is 3.11. The molecule has 1 saturated heterocycles. The molecule has 2 rings (SSSR count). The Balaban J connectivity index is 1.96. The third kappa shape index (κ3) is 5.06. The van der Waals surface area contributed by atoms with Crippen molar-refractivity contribution in [1.29, 1.82) is 0 Å². The zero-order chi connectivity index (χ0) is 19.5. The monoisotopic (exact) mass is 367 g/mol. The number of nitro groups is 1. The van der Waals surface area contributed by atoms with Crippen molar-refractivity contribution in [2.45, 2.75) is 39.2 Å². The second kappa shape index (κ2) is 7.88. The van der Waals surface area contributed by atoms with Crippen LogP contribution >= 0.6 is 0 Å². The van der Waals surface area contributed by atoms with Gasteiger partial charge in [-0.1, -0.05) is 6.07 Å². The van der Waals surface area contributed by atoms with Gasteiger partial charge in [0.25, 0.3) is 5.69 Å². The highest BCUT2D eigenvalue weighted by molar-refractivity contribution is 5.67. The number of hydrogen-bond acceptors (Lipinski definition) is 5. The Morgan fingerprint density at radius 3 is 2.54 bits per heavy atom. The first-order valence-electron chi connectivity index (χ1n) is 8.70. The van der Waals surface area contributed by atoms with Gasteiger partial charge in [0.15, 0.2) is 11.5 Å². The van der Waals surface area contributed by atoms with Crippen molar-refractivity contribution in [2.75, 3.05) is 31.6 Å². The first-order chi connectivity index (χ1) is 12.1. The number of amides is 1. The van der Waals surface area contributed by atoms with Crippen molar-refractivity contribution in [1.82, 2.24) is 4.90 Å². The Morgan fingerprint density at radius 1 is 1.38 bits per heavy atom. The van der Waals surface area contributed by atoms with E-state index in [-0.39, 0.29) is 23.4 Å². The van der Waals surface area contributed by atoms with E-state index >= 15 is 0 Å². The number of ether oxygens (including phenoxy) is 1. The van der Waals surface area contributed by atoms with Gasteiger partial charge in [0.1, 0.15) is 5.60 Å². The summed E-state index contributed by atoms with van der Waals surface area (Å²) in [6, 6.07) is 3.91. The van der Waals surface area contributed by atoms with Gasteiger partial charge in [-0.15, -0.1) is 0 Å². The summed E-state index contributed by atoms with van der Waals surface area (Å²) in [4.78, 5) is 25.9. The number of anilines is 1. The summed E-state index contributed by atoms with van der Waals surface area (Å²) in [6.07, 6.45) is 1.07. The van der Waals surface area contributed by atoms with Gasteiger partial charge < -0.3 is 14.5 Å². The summed E-state index contributed by atoms with van der Waals surface area (Å²) in [7, 11) is 1.70. The molecule has 0 atom stereocenters. The van der Waals surface area contributed by atoms with Gasteiger partial charge in [0.2, 0.25) is 0 Å². The number of para-hydroxylation sites is 1. The lowest BCUT2D eigenvalue weighted by Gasteiger charge is -2.35. The molecule has 8 heteroatoms. The lowest BCUT2D eigenvalue weighted by Crippen LogP contribution is -2.41. The summed E-state index contributed by atoms with van der Waals surface area (Å²) < 4.78 is 19.5. The molecule has 1 amide bonds. The Hall–Kier alpha value is -2.38. The molecule has 0 saturated carbocycles. The van der Waals surface area contributed by atoms with Crippen LogP contribution in [0.3, 0.4) is 0 Å². The van der Waals surface area contributed by atoms with E-state index in [1.165, 1.54) is 18.2 Å². The van der Waals surface area contributed by atoms with Crippen molar-refractivity contribution in [3.05, 3.63) is 34.1 Å². The molecule has 1 fully saturated rings. The number of benzene rings is 1. The van der Waals surface area contributed by atoms with Gasteiger partial charge in [0.05, 0.1) is 4.92 Å². The van der Waals surface area contributed by atoms with Crippen LogP contribution in [-0.4, -0.2) is 48.2 Å². The topological polar surface area (TPSA) is 75.9 Å². The van der Waals surface area contributed by atoms with Gasteiger partial charge in [-0.3, -0.25) is 10.1 Å². The Labute approximate surface area is 152 Å². The SMILES string of the molecule is CN(CC1CCN(c2c(F)cccc2[N+](=O)[O-])CC1)C(=O)OC(C)(C)C. The minimum atomic E-state index is -0.580. The van der Waals surface area contributed by atoms with Crippen LogP contribution < -0.4 is 4.90 Å². The van der Waals surface area contributed by atoms with Crippen molar-refractivity contribution in [3.63, 3.8) is 0 Å². The first-order valence-corrected chi connectivity index (χ1v) is 8.70. The quantitative estimate of drug-likeness (QED) is 0.597. The summed E-state index contributed by atoms with van der Waals surface area (Å²) >= 11 is 0. The summed E-state index contributed by atoms with van der Waals surface area (Å²) in [5, 5.41) is 11.2. The number of carbonyl (C=O) groups is 1. The first kappa shape index (κ1) is 19.9. The van der Waals surface area contributed by atoms with Crippen LogP contribution in [0, 0.1) is 21.8 Å². The normalized spacial score (nSPS) is 15.7. The van der Waals surface area contributed by atoms with E-state index < -0.39 is 16.3 Å². The van der Waals surface area contributed by atoms with Crippen LogP contribution in [0.4, 0.5) is 20.6 Å². The van der Waals surface area contributed by atoms with Crippen LogP contribution in [0.1, 0.15) is 33.6 Å². The zero-order valence-electron chi connectivity index (χ0n) is 15.7. The molecule has 1 heterocycles. The number of halogens is 1. The third-order valence-electron chi connectivity index (χ3n) is 4.33. The van der Waals surface area contributed by atoms with E-state index in [2.05, 4.69) is 0 Å². The number of nitro benzene ring substituents is 1. The lowest BCUT2D eigenvalue weighted by molar-refractivity contribution is -0.384. The highest BCUT2D eigenvalue weighted by Crippen LogP contribution is 2.34. The largest absolute Gasteiger partial charge is 0.444 e. The number of nitrogens with zero attached hydrogens (tertiary/aromatic N) is 3. The Kier molecular flexibility index (Phi) is 6.05. The summed E-state index contributed by atoms with van der Waals surface area (Å²) in [5.74, 6) is -0.335. The molecule has 0 unspecified atom stereocenters. The summed E-state index contributed by atoms with van der Waals surface area (Å²) in [6.45, 7) is 7.01. The number of hydrogen-bond donors (Lipinski definition) is 0. The molecule has 144 valence electrons. The molecule has 1 aromatic rings. The molecule has 0 radical (unpaired) electrons. The predicted octanol–water partition coefficient (Wildman–Crippen LogP) is 3.82. The average molecular weight is 367 g/mol. The smallest absolute Gasteiger partial charge is 0.410 e. The molecule has 1 aliphatic rings. The minimum absolute atomic E-state index is 0.0523. The van der Waals surface area contributed by atoms with Gasteiger partial charge in [-0.2, -0.15) is 0 Å². The zero-order valence-corrected chi connectivity index (χ0v) is 15.7. The number of carbonyl (C=O) groups excluding carboxylic acids is 1. The highest BCUT2D eigenvalue weighted by Gasteiger charge is 2.29. The van der Waals surface area contributed by atoms with E-state index in [1.807, 2.05) is 20.8 Å². The van der Waals surface area contributed by atoms with E-state index in [9.17, 15) is 19.3 Å². The molecule has 1 aliphatic heterocycles. The maximum absolute atomic E-state index is 14.2. The van der Waals surface area contributed by atoms with Crippen LogP contribution in [0.15, 0.2) is 18.2 Å². The molecule has 0 bridgehead atoms. The van der Waals surface area contributed by atoms with Gasteiger partial charge in [0, 0.05) is 32.7 Å². The average Bonchev–Trinajstić information content (AvgIpc) is 2.54. The van der Waals surface area contributed by atoms with E-state index in [4.69, 9.17) is 4.74 Å². The van der Waals surface area contributed by atoms with Gasteiger partial charge in [-0.25, -0.2) is 9.18 Å². The molecule has 0 aromatic heterocycles. The lowest BCUT2D eigenvalue weighted by atomic mass is 9.95. The van der Waals surface area contributed by atoms with Crippen molar-refractivity contribution < 1.29 is 18.8 Å². The molecule has 0 aliphatic carbocycles. The molecular formula is C18H26FN3O4. The standard InChI is InChI=1S/C18H26FN3O4/c1-18(2,3)26-17(23)20(4)12-13-8-10-21(11-9-13)16-14(19)6-5-7-15(16)22(24)25/h5-7,13H,8-12H2,1-4H3. The van der Waals surface area contributed by atoms with Crippen molar-refractivity contribution in [2.24, 2.45) is 5.92 Å². The van der Waals surface area contributed by atoms with Crippen LogP contribution in [0.25, 0.3) is 0 Å². The van der Waals surface area contributed by atoms with E-state index in [0.29, 0.717) is 19.6 Å². The maximum atomic E-state index is 14.2. The molecule has 7 nitrogen and oxygen atoms in total. The van der Waals surface area contributed by atoms with E-state index in [0.717, 1.165) is 12.8 Å². The Bertz CT molecular complexity index is 667. The number of piperidine rings is 1. The molecule has 26 heavy (non-hydrogen) atoms. The molecule has 0 spiro atoms. The molecule has 0 N–H and O–H groups in total. The minimum Gasteiger partial charge on any atom is -0.444 e. The maximum Gasteiger partial charge on any atom is 0.410 e. The molecular weight excluding hydrogens is 341 g/mol. The fourth-order valence-corrected chi connectivity index (χ4v) is 3.11. The predicted molar refractivity (Wildman–Crippen MR) is 96.9 cm³/mol. The van der Waals surface area contributed by atoms with Crippen molar-refractivity contribution in [3.8, 4) is 0 Å². The van der Waals surface area contributed by atoms with Crippen LogP contribution in [-0.2, 0) is 4.74 Å². The highest BCUT2D eigenvalue weighted by atomic mass is 19.1. The Morgan fingerprint density at radius 2 is 2.00 bits per heavy atom. The van der Waals surface area contributed by atoms with Gasteiger partial charge in [-0.05, 0) is 45.6 Å². The second-order valence-corrected chi connectivity index (χ2v) is 7.66. The third-order valence-corrected chi connectivity index (χ3v) is 4.33. The number of rotatable bonds is 4. The summed E-state index contributed by atoms with van der Waals surface area (Å²) in [5.41, 5.74) is -0.705. The van der Waals surface area contributed by atoms with Gasteiger partial charge >= 0.3 is 6.09 Å². The van der Waals surface area contributed by atoms with Crippen LogP contribution in [0.5, 0.6) is 0 Å². The van der Waals surface area contributed by atoms with Crippen LogP contribution in [0.2, 0.25) is 0 Å². The van der Waals surface area contributed by atoms with E-state index in [1.54, 1.807) is 16.8 Å². The fraction of sp³-hybridized carbons (Fsp3) is 0.611. The molecule has 1 aromatic carbocycles.